The van der Waals surface area contributed by atoms with Crippen LogP contribution in [0.2, 0.25) is 0 Å². The van der Waals surface area contributed by atoms with Gasteiger partial charge in [-0.2, -0.15) is 0 Å². The number of nitrogens with zero attached hydrogens (tertiary/aromatic N) is 2. The van der Waals surface area contributed by atoms with Gasteiger partial charge in [0.2, 0.25) is 5.89 Å². The molecular formula is C23H31N3O3S. The average molecular weight is 430 g/mol. The van der Waals surface area contributed by atoms with Gasteiger partial charge < -0.3 is 20.0 Å². The molecule has 0 saturated carbocycles. The van der Waals surface area contributed by atoms with Crippen LogP contribution in [0.25, 0.3) is 22.2 Å². The zero-order chi connectivity index (χ0) is 21.8. The fraction of sp³-hybridized carbons (Fsp3) is 0.478. The normalized spacial score (nSPS) is 12.5. The molecule has 0 fully saturated rings. The van der Waals surface area contributed by atoms with Crippen LogP contribution in [0.3, 0.4) is 0 Å². The number of aromatic nitrogens is 2. The Kier molecular flexibility index (Phi) is 7.28. The largest absolute Gasteiger partial charge is 0.490 e. The molecule has 0 saturated heterocycles. The van der Waals surface area contributed by atoms with Crippen molar-refractivity contribution < 1.29 is 14.3 Å². The first-order valence-electron chi connectivity index (χ1n) is 10.4. The minimum Gasteiger partial charge on any atom is -0.490 e. The highest BCUT2D eigenvalue weighted by atomic mass is 32.1. The van der Waals surface area contributed by atoms with E-state index in [-0.39, 0.29) is 13.2 Å². The quantitative estimate of drug-likeness (QED) is 0.518. The summed E-state index contributed by atoms with van der Waals surface area (Å²) in [6.45, 7) is 10.9. The maximum absolute atomic E-state index is 9.65. The topological polar surface area (TPSA) is 94.4 Å². The van der Waals surface area contributed by atoms with E-state index in [1.54, 1.807) is 11.3 Å². The van der Waals surface area contributed by atoms with E-state index in [1.807, 2.05) is 26.0 Å². The SMILES string of the molecule is CCc1c(CC(C)C)csc1-c1nnc(-c2cc(C)c(OCC(O)CN)c(C)c2)o1. The Labute approximate surface area is 182 Å². The zero-order valence-corrected chi connectivity index (χ0v) is 19.2. The smallest absolute Gasteiger partial charge is 0.258 e. The van der Waals surface area contributed by atoms with Crippen molar-refractivity contribution in [2.24, 2.45) is 11.7 Å². The number of ether oxygens (including phenoxy) is 1. The number of aryl methyl sites for hydroxylation is 2. The summed E-state index contributed by atoms with van der Waals surface area (Å²) in [5.41, 5.74) is 10.9. The molecular weight excluding hydrogens is 398 g/mol. The maximum atomic E-state index is 9.65. The van der Waals surface area contributed by atoms with Crippen LogP contribution in [0, 0.1) is 19.8 Å². The van der Waals surface area contributed by atoms with Gasteiger partial charge in [-0.3, -0.25) is 0 Å². The van der Waals surface area contributed by atoms with E-state index in [9.17, 15) is 5.11 Å². The van der Waals surface area contributed by atoms with E-state index >= 15 is 0 Å². The lowest BCUT2D eigenvalue weighted by Gasteiger charge is -2.15. The molecule has 2 heterocycles. The van der Waals surface area contributed by atoms with Crippen molar-refractivity contribution in [3.63, 3.8) is 0 Å². The van der Waals surface area contributed by atoms with E-state index in [2.05, 4.69) is 36.3 Å². The third kappa shape index (κ3) is 4.91. The van der Waals surface area contributed by atoms with Crippen molar-refractivity contribution >= 4 is 11.3 Å². The summed E-state index contributed by atoms with van der Waals surface area (Å²) in [5.74, 6) is 2.42. The maximum Gasteiger partial charge on any atom is 0.258 e. The Hall–Kier alpha value is -2.22. The van der Waals surface area contributed by atoms with E-state index in [0.29, 0.717) is 17.7 Å². The van der Waals surface area contributed by atoms with Crippen molar-refractivity contribution in [1.82, 2.24) is 10.2 Å². The molecule has 1 atom stereocenters. The molecule has 3 aromatic rings. The molecule has 0 bridgehead atoms. The van der Waals surface area contributed by atoms with Gasteiger partial charge in [-0.1, -0.05) is 20.8 Å². The number of aliphatic hydroxyl groups is 1. The van der Waals surface area contributed by atoms with E-state index in [1.165, 1.54) is 11.1 Å². The average Bonchev–Trinajstić information content (AvgIpc) is 3.33. The summed E-state index contributed by atoms with van der Waals surface area (Å²) in [7, 11) is 0. The van der Waals surface area contributed by atoms with Crippen molar-refractivity contribution in [2.75, 3.05) is 13.2 Å². The predicted octanol–water partition coefficient (Wildman–Crippen LogP) is 4.54. The number of thiophene rings is 1. The molecule has 30 heavy (non-hydrogen) atoms. The predicted molar refractivity (Wildman–Crippen MR) is 121 cm³/mol. The third-order valence-electron chi connectivity index (χ3n) is 4.98. The highest BCUT2D eigenvalue weighted by Gasteiger charge is 2.19. The Morgan fingerprint density at radius 2 is 1.83 bits per heavy atom. The van der Waals surface area contributed by atoms with Crippen LogP contribution in [0.4, 0.5) is 0 Å². The minimum atomic E-state index is -0.680. The second-order valence-corrected chi connectivity index (χ2v) is 8.95. The first kappa shape index (κ1) is 22.5. The first-order chi connectivity index (χ1) is 14.3. The van der Waals surface area contributed by atoms with Gasteiger partial charge in [0.1, 0.15) is 18.5 Å². The number of nitrogens with two attached hydrogens (primary N) is 1. The lowest BCUT2D eigenvalue weighted by atomic mass is 9.99. The molecule has 0 spiro atoms. The monoisotopic (exact) mass is 429 g/mol. The van der Waals surface area contributed by atoms with Gasteiger partial charge in [-0.15, -0.1) is 21.5 Å². The van der Waals surface area contributed by atoms with Gasteiger partial charge in [-0.05, 0) is 72.4 Å². The molecule has 7 heteroatoms. The molecule has 162 valence electrons. The Balaban J connectivity index is 1.87. The molecule has 0 aliphatic rings. The van der Waals surface area contributed by atoms with Crippen LogP contribution < -0.4 is 10.5 Å². The molecule has 6 nitrogen and oxygen atoms in total. The van der Waals surface area contributed by atoms with E-state index in [0.717, 1.165) is 40.2 Å². The number of rotatable bonds is 9. The van der Waals surface area contributed by atoms with Crippen LogP contribution in [0.1, 0.15) is 43.0 Å². The standard InChI is InChI=1S/C23H31N3O3S/c1-6-19-17(7-13(2)3)12-30-21(19)23-26-25-22(29-23)16-8-14(4)20(15(5)9-16)28-11-18(27)10-24/h8-9,12-13,18,27H,6-7,10-11,24H2,1-5H3. The summed E-state index contributed by atoms with van der Waals surface area (Å²) in [6.07, 6.45) is 1.32. The summed E-state index contributed by atoms with van der Waals surface area (Å²) in [4.78, 5) is 1.07. The lowest BCUT2D eigenvalue weighted by Crippen LogP contribution is -2.26. The second kappa shape index (κ2) is 9.73. The van der Waals surface area contributed by atoms with Crippen LogP contribution in [0.5, 0.6) is 5.75 Å². The van der Waals surface area contributed by atoms with Crippen molar-refractivity contribution in [1.29, 1.82) is 0 Å². The third-order valence-corrected chi connectivity index (χ3v) is 6.04. The molecule has 0 radical (unpaired) electrons. The summed E-state index contributed by atoms with van der Waals surface area (Å²) >= 11 is 1.67. The van der Waals surface area contributed by atoms with Gasteiger partial charge >= 0.3 is 0 Å². The Morgan fingerprint density at radius 1 is 1.17 bits per heavy atom. The van der Waals surface area contributed by atoms with E-state index in [4.69, 9.17) is 14.9 Å². The number of hydrogen-bond acceptors (Lipinski definition) is 7. The fourth-order valence-electron chi connectivity index (χ4n) is 3.58. The minimum absolute atomic E-state index is 0.166. The summed E-state index contributed by atoms with van der Waals surface area (Å²) in [5, 5.41) is 20.5. The molecule has 0 aliphatic heterocycles. The number of hydrogen-bond donors (Lipinski definition) is 2. The number of benzene rings is 1. The molecule has 1 aromatic carbocycles. The lowest BCUT2D eigenvalue weighted by molar-refractivity contribution is 0.113. The zero-order valence-electron chi connectivity index (χ0n) is 18.4. The van der Waals surface area contributed by atoms with Gasteiger partial charge in [0.05, 0.1) is 4.88 Å². The molecule has 3 rings (SSSR count). The van der Waals surface area contributed by atoms with Gasteiger partial charge in [0.25, 0.3) is 5.89 Å². The summed E-state index contributed by atoms with van der Waals surface area (Å²) < 4.78 is 11.8. The van der Waals surface area contributed by atoms with E-state index < -0.39 is 6.10 Å². The molecule has 0 amide bonds. The van der Waals surface area contributed by atoms with Gasteiger partial charge in [0.15, 0.2) is 0 Å². The molecule has 3 N–H and O–H groups in total. The molecule has 2 aromatic heterocycles. The van der Waals surface area contributed by atoms with Crippen molar-refractivity contribution in [3.05, 3.63) is 39.8 Å². The highest BCUT2D eigenvalue weighted by molar-refractivity contribution is 7.13. The van der Waals surface area contributed by atoms with Crippen molar-refractivity contribution in [2.45, 2.75) is 53.6 Å². The first-order valence-corrected chi connectivity index (χ1v) is 11.3. The van der Waals surface area contributed by atoms with Gasteiger partial charge in [-0.25, -0.2) is 0 Å². The summed E-state index contributed by atoms with van der Waals surface area (Å²) in [6, 6.07) is 3.93. The highest BCUT2D eigenvalue weighted by Crippen LogP contribution is 2.36. The Morgan fingerprint density at radius 3 is 2.43 bits per heavy atom. The van der Waals surface area contributed by atoms with Crippen molar-refractivity contribution in [3.8, 4) is 28.0 Å². The van der Waals surface area contributed by atoms with Crippen LogP contribution in [0.15, 0.2) is 21.9 Å². The molecule has 0 aliphatic carbocycles. The van der Waals surface area contributed by atoms with Crippen LogP contribution in [-0.4, -0.2) is 34.6 Å². The van der Waals surface area contributed by atoms with Crippen LogP contribution >= 0.6 is 11.3 Å². The van der Waals surface area contributed by atoms with Gasteiger partial charge in [0, 0.05) is 12.1 Å². The Bertz CT molecular complexity index is 970. The second-order valence-electron chi connectivity index (χ2n) is 8.07. The van der Waals surface area contributed by atoms with Crippen LogP contribution in [-0.2, 0) is 12.8 Å². The molecule has 1 unspecified atom stereocenters. The number of aliphatic hydroxyl groups excluding tert-OH is 1. The fourth-order valence-corrected chi connectivity index (χ4v) is 4.68.